The highest BCUT2D eigenvalue weighted by Gasteiger charge is 2.23. The number of benzene rings is 2. The van der Waals surface area contributed by atoms with Crippen LogP contribution in [-0.4, -0.2) is 48.8 Å². The number of hydrogen-bond acceptors (Lipinski definition) is 5. The predicted octanol–water partition coefficient (Wildman–Crippen LogP) is 4.06. The van der Waals surface area contributed by atoms with E-state index in [4.69, 9.17) is 18.9 Å². The SMILES string of the molecule is Brc1cc(OCC2CO2)ccc1-c1cc(-c2ccc(OCC3CO3)cc2)n[nH]1. The number of rotatable bonds is 8. The maximum Gasteiger partial charge on any atom is 0.120 e. The molecule has 2 aliphatic heterocycles. The number of ether oxygens (including phenoxy) is 4. The van der Waals surface area contributed by atoms with Crippen LogP contribution in [-0.2, 0) is 9.47 Å². The number of nitrogens with zero attached hydrogens (tertiary/aromatic N) is 1. The first-order valence-electron chi connectivity index (χ1n) is 9.19. The second-order valence-electron chi connectivity index (χ2n) is 6.87. The van der Waals surface area contributed by atoms with E-state index in [1.165, 1.54) is 0 Å². The number of hydrogen-bond donors (Lipinski definition) is 1. The van der Waals surface area contributed by atoms with Crippen LogP contribution in [0.5, 0.6) is 11.5 Å². The lowest BCUT2D eigenvalue weighted by atomic mass is 10.1. The highest BCUT2D eigenvalue weighted by molar-refractivity contribution is 9.10. The summed E-state index contributed by atoms with van der Waals surface area (Å²) in [6.45, 7) is 2.78. The van der Waals surface area contributed by atoms with Crippen molar-refractivity contribution in [3.05, 3.63) is 53.0 Å². The Labute approximate surface area is 170 Å². The molecule has 144 valence electrons. The molecule has 0 bridgehead atoms. The molecule has 2 aromatic carbocycles. The van der Waals surface area contributed by atoms with Crippen molar-refractivity contribution in [2.45, 2.75) is 12.2 Å². The van der Waals surface area contributed by atoms with Gasteiger partial charge in [0.05, 0.1) is 24.6 Å². The van der Waals surface area contributed by atoms with Crippen LogP contribution in [0.3, 0.4) is 0 Å². The van der Waals surface area contributed by atoms with Gasteiger partial charge in [-0.2, -0.15) is 5.10 Å². The van der Waals surface area contributed by atoms with Gasteiger partial charge in [0.1, 0.15) is 36.9 Å². The van der Waals surface area contributed by atoms with E-state index in [0.29, 0.717) is 13.2 Å². The van der Waals surface area contributed by atoms with E-state index in [1.807, 2.05) is 48.5 Å². The number of H-pyrrole nitrogens is 1. The Hall–Kier alpha value is -2.35. The zero-order chi connectivity index (χ0) is 18.9. The van der Waals surface area contributed by atoms with Gasteiger partial charge in [-0.15, -0.1) is 0 Å². The Balaban J connectivity index is 1.28. The summed E-state index contributed by atoms with van der Waals surface area (Å²) in [5.74, 6) is 1.66. The largest absolute Gasteiger partial charge is 0.491 e. The van der Waals surface area contributed by atoms with Gasteiger partial charge in [0.25, 0.3) is 0 Å². The van der Waals surface area contributed by atoms with Gasteiger partial charge in [0.2, 0.25) is 0 Å². The molecule has 0 spiro atoms. The molecule has 5 rings (SSSR count). The van der Waals surface area contributed by atoms with Crippen molar-refractivity contribution < 1.29 is 18.9 Å². The second kappa shape index (κ2) is 7.58. The van der Waals surface area contributed by atoms with Gasteiger partial charge in [0, 0.05) is 15.6 Å². The molecule has 3 aromatic rings. The lowest BCUT2D eigenvalue weighted by Crippen LogP contribution is -2.03. The van der Waals surface area contributed by atoms with Crippen LogP contribution in [0.15, 0.2) is 53.0 Å². The van der Waals surface area contributed by atoms with Gasteiger partial charge in [0.15, 0.2) is 0 Å². The lowest BCUT2D eigenvalue weighted by molar-refractivity contribution is 0.263. The summed E-state index contributed by atoms with van der Waals surface area (Å²) < 4.78 is 22.7. The van der Waals surface area contributed by atoms with Crippen LogP contribution in [0.25, 0.3) is 22.5 Å². The van der Waals surface area contributed by atoms with Crippen LogP contribution >= 0.6 is 15.9 Å². The fourth-order valence-electron chi connectivity index (χ4n) is 2.84. The average molecular weight is 443 g/mol. The van der Waals surface area contributed by atoms with Crippen LogP contribution in [0.4, 0.5) is 0 Å². The highest BCUT2D eigenvalue weighted by Crippen LogP contribution is 2.33. The Morgan fingerprint density at radius 1 is 0.929 bits per heavy atom. The maximum absolute atomic E-state index is 5.73. The Morgan fingerprint density at radius 3 is 2.21 bits per heavy atom. The van der Waals surface area contributed by atoms with Crippen LogP contribution in [0.2, 0.25) is 0 Å². The van der Waals surface area contributed by atoms with Gasteiger partial charge in [-0.1, -0.05) is 0 Å². The van der Waals surface area contributed by atoms with E-state index in [2.05, 4.69) is 26.1 Å². The topological polar surface area (TPSA) is 72.2 Å². The van der Waals surface area contributed by atoms with Crippen molar-refractivity contribution in [2.75, 3.05) is 26.4 Å². The summed E-state index contributed by atoms with van der Waals surface area (Å²) in [7, 11) is 0. The maximum atomic E-state index is 5.73. The molecule has 0 saturated carbocycles. The fraction of sp³-hybridized carbons (Fsp3) is 0.286. The van der Waals surface area contributed by atoms with Crippen molar-refractivity contribution in [1.82, 2.24) is 10.2 Å². The number of epoxide rings is 2. The minimum Gasteiger partial charge on any atom is -0.491 e. The van der Waals surface area contributed by atoms with Gasteiger partial charge in [-0.05, 0) is 64.5 Å². The van der Waals surface area contributed by atoms with Crippen LogP contribution in [0, 0.1) is 0 Å². The first-order valence-corrected chi connectivity index (χ1v) is 9.98. The summed E-state index contributed by atoms with van der Waals surface area (Å²) in [6.07, 6.45) is 0.498. The summed E-state index contributed by atoms with van der Waals surface area (Å²) >= 11 is 3.63. The number of nitrogens with one attached hydrogen (secondary N) is 1. The molecule has 7 heteroatoms. The normalized spacial score (nSPS) is 20.0. The summed E-state index contributed by atoms with van der Waals surface area (Å²) in [5.41, 5.74) is 3.87. The van der Waals surface area contributed by atoms with E-state index in [9.17, 15) is 0 Å². The van der Waals surface area contributed by atoms with E-state index in [0.717, 1.165) is 51.7 Å². The Kier molecular flexibility index (Phi) is 4.80. The van der Waals surface area contributed by atoms with Crippen molar-refractivity contribution in [2.24, 2.45) is 0 Å². The van der Waals surface area contributed by atoms with Crippen LogP contribution in [0.1, 0.15) is 0 Å². The van der Waals surface area contributed by atoms with Gasteiger partial charge in [-0.3, -0.25) is 5.10 Å². The monoisotopic (exact) mass is 442 g/mol. The molecule has 2 aliphatic rings. The molecule has 2 saturated heterocycles. The molecule has 3 heterocycles. The fourth-order valence-corrected chi connectivity index (χ4v) is 3.41. The summed E-state index contributed by atoms with van der Waals surface area (Å²) in [6, 6.07) is 15.9. The molecule has 6 nitrogen and oxygen atoms in total. The molecule has 0 aliphatic carbocycles. The Morgan fingerprint density at radius 2 is 1.57 bits per heavy atom. The summed E-state index contributed by atoms with van der Waals surface area (Å²) in [5, 5.41) is 7.57. The molecule has 2 fully saturated rings. The van der Waals surface area contributed by atoms with Crippen molar-refractivity contribution in [1.29, 1.82) is 0 Å². The zero-order valence-electron chi connectivity index (χ0n) is 15.1. The minimum absolute atomic E-state index is 0.243. The van der Waals surface area contributed by atoms with Gasteiger partial charge >= 0.3 is 0 Å². The van der Waals surface area contributed by atoms with E-state index < -0.39 is 0 Å². The van der Waals surface area contributed by atoms with Crippen LogP contribution < -0.4 is 9.47 Å². The molecule has 0 amide bonds. The molecular formula is C21H19BrN2O4. The van der Waals surface area contributed by atoms with Gasteiger partial charge in [-0.25, -0.2) is 0 Å². The zero-order valence-corrected chi connectivity index (χ0v) is 16.6. The third-order valence-corrected chi connectivity index (χ3v) is 5.29. The minimum atomic E-state index is 0.243. The molecule has 0 radical (unpaired) electrons. The van der Waals surface area contributed by atoms with E-state index in [1.54, 1.807) is 0 Å². The second-order valence-corrected chi connectivity index (χ2v) is 7.72. The molecule has 28 heavy (non-hydrogen) atoms. The molecular weight excluding hydrogens is 424 g/mol. The van der Waals surface area contributed by atoms with Crippen molar-refractivity contribution in [3.63, 3.8) is 0 Å². The molecule has 2 atom stereocenters. The number of aromatic amines is 1. The smallest absolute Gasteiger partial charge is 0.120 e. The van der Waals surface area contributed by atoms with E-state index >= 15 is 0 Å². The third kappa shape index (κ3) is 4.22. The lowest BCUT2D eigenvalue weighted by Gasteiger charge is -2.07. The number of aromatic nitrogens is 2. The number of halogens is 1. The predicted molar refractivity (Wildman–Crippen MR) is 108 cm³/mol. The third-order valence-electron chi connectivity index (χ3n) is 4.64. The van der Waals surface area contributed by atoms with Crippen molar-refractivity contribution >= 4 is 15.9 Å². The van der Waals surface area contributed by atoms with E-state index in [-0.39, 0.29) is 12.2 Å². The molecule has 2 unspecified atom stereocenters. The summed E-state index contributed by atoms with van der Waals surface area (Å²) in [4.78, 5) is 0. The highest BCUT2D eigenvalue weighted by atomic mass is 79.9. The van der Waals surface area contributed by atoms with Gasteiger partial charge < -0.3 is 18.9 Å². The molecule has 1 aromatic heterocycles. The quantitative estimate of drug-likeness (QED) is 0.532. The standard InChI is InChI=1S/C21H19BrN2O4/c22-19-7-15(26-10-17-12-28-17)5-6-18(19)21-8-20(23-24-21)13-1-3-14(4-2-13)25-9-16-11-27-16/h1-8,16-17H,9-12H2,(H,23,24). The van der Waals surface area contributed by atoms with Crippen molar-refractivity contribution in [3.8, 4) is 34.0 Å². The molecule has 1 N–H and O–H groups in total. The average Bonchev–Trinajstić information content (AvgIpc) is 3.65. The first-order chi connectivity index (χ1) is 13.7. The Bertz CT molecular complexity index is 965. The first kappa shape index (κ1) is 17.7.